The van der Waals surface area contributed by atoms with Gasteiger partial charge in [0.15, 0.2) is 5.58 Å². The molecular weight excluding hydrogens is 324 g/mol. The van der Waals surface area contributed by atoms with Crippen LogP contribution in [-0.4, -0.2) is 21.8 Å². The van der Waals surface area contributed by atoms with E-state index in [4.69, 9.17) is 4.42 Å². The predicted octanol–water partition coefficient (Wildman–Crippen LogP) is 2.00. The van der Waals surface area contributed by atoms with Gasteiger partial charge in [-0.15, -0.1) is 0 Å². The van der Waals surface area contributed by atoms with Gasteiger partial charge in [-0.05, 0) is 41.2 Å². The van der Waals surface area contributed by atoms with Gasteiger partial charge in [0.1, 0.15) is 5.69 Å². The number of H-pyrrole nitrogens is 1. The van der Waals surface area contributed by atoms with Gasteiger partial charge in [-0.1, -0.05) is 0 Å². The summed E-state index contributed by atoms with van der Waals surface area (Å²) in [6.45, 7) is 0.694. The van der Waals surface area contributed by atoms with Gasteiger partial charge < -0.3 is 9.73 Å². The van der Waals surface area contributed by atoms with Gasteiger partial charge in [0.05, 0.1) is 15.7 Å². The quantitative estimate of drug-likeness (QED) is 0.767. The monoisotopic (exact) mass is 336 g/mol. The summed E-state index contributed by atoms with van der Waals surface area (Å²) in [6, 6.07) is 5.56. The van der Waals surface area contributed by atoms with Crippen molar-refractivity contribution in [2.24, 2.45) is 7.05 Å². The Bertz CT molecular complexity index is 831. The number of fused-ring (bicyclic) bond motifs is 1. The van der Waals surface area contributed by atoms with E-state index in [-0.39, 0.29) is 5.76 Å². The first kappa shape index (κ1) is 13.1. The predicted molar refractivity (Wildman–Crippen MR) is 79.5 cm³/mol. The third-order valence-electron chi connectivity index (χ3n) is 3.19. The highest BCUT2D eigenvalue weighted by molar-refractivity contribution is 9.10. The van der Waals surface area contributed by atoms with Crippen molar-refractivity contribution in [2.75, 3.05) is 7.05 Å². The Morgan fingerprint density at radius 3 is 3.05 bits per heavy atom. The van der Waals surface area contributed by atoms with Gasteiger partial charge in [0.2, 0.25) is 0 Å². The zero-order chi connectivity index (χ0) is 14.3. The van der Waals surface area contributed by atoms with Crippen LogP contribution < -0.4 is 11.1 Å². The number of aromatic nitrogens is 3. The molecule has 2 N–H and O–H groups in total. The number of rotatable bonds is 3. The smallest absolute Gasteiger partial charge is 0.408 e. The number of oxazole rings is 1. The maximum atomic E-state index is 11.5. The van der Waals surface area contributed by atoms with Crippen LogP contribution in [0.25, 0.3) is 22.4 Å². The van der Waals surface area contributed by atoms with E-state index < -0.39 is 0 Å². The SMILES string of the molecule is CNCc1[nH]nc(-c2ccc3oc(=O)n(C)c3c2)c1Br. The third kappa shape index (κ3) is 1.99. The fraction of sp³-hybridized carbons (Fsp3) is 0.231. The van der Waals surface area contributed by atoms with Crippen LogP contribution in [0.3, 0.4) is 0 Å². The van der Waals surface area contributed by atoms with E-state index in [1.807, 2.05) is 19.2 Å². The van der Waals surface area contributed by atoms with Crippen molar-refractivity contribution in [1.29, 1.82) is 0 Å². The lowest BCUT2D eigenvalue weighted by atomic mass is 10.1. The molecule has 2 heterocycles. The van der Waals surface area contributed by atoms with Gasteiger partial charge in [0, 0.05) is 19.2 Å². The second kappa shape index (κ2) is 4.92. The summed E-state index contributed by atoms with van der Waals surface area (Å²) in [6.07, 6.45) is 0. The van der Waals surface area contributed by atoms with Crippen LogP contribution in [0.4, 0.5) is 0 Å². The summed E-state index contributed by atoms with van der Waals surface area (Å²) in [5, 5.41) is 10.4. The summed E-state index contributed by atoms with van der Waals surface area (Å²) < 4.78 is 7.52. The minimum absolute atomic E-state index is 0.367. The Balaban J connectivity index is 2.14. The Kier molecular flexibility index (Phi) is 3.23. The molecule has 0 aliphatic heterocycles. The van der Waals surface area contributed by atoms with Crippen LogP contribution in [0.15, 0.2) is 31.9 Å². The van der Waals surface area contributed by atoms with Crippen molar-refractivity contribution >= 4 is 27.0 Å². The van der Waals surface area contributed by atoms with E-state index in [9.17, 15) is 4.79 Å². The lowest BCUT2D eigenvalue weighted by molar-refractivity contribution is 0.528. The number of benzene rings is 1. The summed E-state index contributed by atoms with van der Waals surface area (Å²) in [7, 11) is 3.56. The van der Waals surface area contributed by atoms with E-state index in [2.05, 4.69) is 31.4 Å². The van der Waals surface area contributed by atoms with Gasteiger partial charge >= 0.3 is 5.76 Å². The molecule has 7 heteroatoms. The maximum Gasteiger partial charge on any atom is 0.419 e. The highest BCUT2D eigenvalue weighted by Gasteiger charge is 2.14. The lowest BCUT2D eigenvalue weighted by Crippen LogP contribution is -2.08. The molecule has 0 saturated heterocycles. The van der Waals surface area contributed by atoms with Crippen LogP contribution in [0, 0.1) is 0 Å². The maximum absolute atomic E-state index is 11.5. The summed E-state index contributed by atoms with van der Waals surface area (Å²) in [5.74, 6) is -0.367. The average Bonchev–Trinajstić information content (AvgIpc) is 2.93. The topological polar surface area (TPSA) is 75.8 Å². The number of nitrogens with one attached hydrogen (secondary N) is 2. The third-order valence-corrected chi connectivity index (χ3v) is 4.05. The second-order valence-corrected chi connectivity index (χ2v) is 5.30. The zero-order valence-corrected chi connectivity index (χ0v) is 12.6. The summed E-state index contributed by atoms with van der Waals surface area (Å²) in [4.78, 5) is 11.5. The van der Waals surface area contributed by atoms with Crippen LogP contribution in [-0.2, 0) is 13.6 Å². The molecule has 0 spiro atoms. The molecule has 0 bridgehead atoms. The molecule has 0 amide bonds. The van der Waals surface area contributed by atoms with Crippen molar-refractivity contribution in [3.8, 4) is 11.3 Å². The molecule has 0 aliphatic carbocycles. The highest BCUT2D eigenvalue weighted by atomic mass is 79.9. The van der Waals surface area contributed by atoms with E-state index in [1.165, 1.54) is 4.57 Å². The van der Waals surface area contributed by atoms with Gasteiger partial charge in [-0.3, -0.25) is 9.67 Å². The van der Waals surface area contributed by atoms with Crippen molar-refractivity contribution in [3.05, 3.63) is 38.9 Å². The minimum Gasteiger partial charge on any atom is -0.408 e. The molecule has 104 valence electrons. The second-order valence-electron chi connectivity index (χ2n) is 4.50. The Morgan fingerprint density at radius 2 is 2.30 bits per heavy atom. The van der Waals surface area contributed by atoms with Crippen LogP contribution >= 0.6 is 15.9 Å². The molecule has 0 atom stereocenters. The molecule has 0 aliphatic rings. The molecule has 3 aromatic rings. The van der Waals surface area contributed by atoms with Crippen molar-refractivity contribution < 1.29 is 4.42 Å². The molecule has 0 fully saturated rings. The van der Waals surface area contributed by atoms with E-state index in [0.29, 0.717) is 12.1 Å². The molecule has 1 aromatic carbocycles. The number of hydrogen-bond acceptors (Lipinski definition) is 4. The van der Waals surface area contributed by atoms with E-state index >= 15 is 0 Å². The lowest BCUT2D eigenvalue weighted by Gasteiger charge is -2.00. The standard InChI is InChI=1S/C13H13BrN4O2/c1-15-6-8-11(14)12(17-16-8)7-3-4-10-9(5-7)18(2)13(19)20-10/h3-5,15H,6H2,1-2H3,(H,16,17). The van der Waals surface area contributed by atoms with Crippen LogP contribution in [0.5, 0.6) is 0 Å². The van der Waals surface area contributed by atoms with Crippen LogP contribution in [0.2, 0.25) is 0 Å². The van der Waals surface area contributed by atoms with Gasteiger partial charge in [-0.2, -0.15) is 5.10 Å². The number of hydrogen-bond donors (Lipinski definition) is 2. The number of nitrogens with zero attached hydrogens (tertiary/aromatic N) is 2. The highest BCUT2D eigenvalue weighted by Crippen LogP contribution is 2.30. The van der Waals surface area contributed by atoms with Gasteiger partial charge in [-0.25, -0.2) is 4.79 Å². The van der Waals surface area contributed by atoms with E-state index in [1.54, 1.807) is 13.1 Å². The molecule has 20 heavy (non-hydrogen) atoms. The zero-order valence-electron chi connectivity index (χ0n) is 11.0. The normalized spacial score (nSPS) is 11.3. The summed E-state index contributed by atoms with van der Waals surface area (Å²) >= 11 is 3.55. The minimum atomic E-state index is -0.367. The fourth-order valence-corrected chi connectivity index (χ4v) is 2.67. The van der Waals surface area contributed by atoms with Crippen molar-refractivity contribution in [3.63, 3.8) is 0 Å². The Hall–Kier alpha value is -1.86. The Morgan fingerprint density at radius 1 is 1.50 bits per heavy atom. The first-order valence-corrected chi connectivity index (χ1v) is 6.88. The average molecular weight is 337 g/mol. The fourth-order valence-electron chi connectivity index (χ4n) is 2.12. The largest absolute Gasteiger partial charge is 0.419 e. The number of aromatic amines is 1. The van der Waals surface area contributed by atoms with Crippen LogP contribution in [0.1, 0.15) is 5.69 Å². The first-order valence-electron chi connectivity index (χ1n) is 6.09. The molecule has 0 unspecified atom stereocenters. The molecule has 2 aromatic heterocycles. The van der Waals surface area contributed by atoms with Crippen molar-refractivity contribution in [2.45, 2.75) is 6.54 Å². The Labute approximate surface area is 122 Å². The molecule has 0 saturated carbocycles. The molecule has 0 radical (unpaired) electrons. The molecule has 6 nitrogen and oxygen atoms in total. The number of aryl methyl sites for hydroxylation is 1. The van der Waals surface area contributed by atoms with Gasteiger partial charge in [0.25, 0.3) is 0 Å². The van der Waals surface area contributed by atoms with E-state index in [0.717, 1.165) is 26.9 Å². The van der Waals surface area contributed by atoms with Crippen molar-refractivity contribution in [1.82, 2.24) is 20.1 Å². The molecule has 3 rings (SSSR count). The molecular formula is C13H13BrN4O2. The number of halogens is 1. The first-order chi connectivity index (χ1) is 9.61. The summed E-state index contributed by atoms with van der Waals surface area (Å²) in [5.41, 5.74) is 4.02.